The number of benzene rings is 2. The Balaban J connectivity index is 1.23. The molecule has 37 heavy (non-hydrogen) atoms. The van der Waals surface area contributed by atoms with Gasteiger partial charge in [-0.15, -0.1) is 11.3 Å². The van der Waals surface area contributed by atoms with Crippen LogP contribution in [0.4, 0.5) is 33.2 Å². The Labute approximate surface area is 220 Å². The fourth-order valence-corrected chi connectivity index (χ4v) is 6.18. The number of ether oxygens (including phenoxy) is 1. The molecule has 2 saturated heterocycles. The summed E-state index contributed by atoms with van der Waals surface area (Å²) in [5, 5.41) is 9.62. The number of aryl methyl sites for hydroxylation is 1. The fraction of sp³-hybridized carbons (Fsp3) is 0.357. The summed E-state index contributed by atoms with van der Waals surface area (Å²) in [6, 6.07) is 13.3. The van der Waals surface area contributed by atoms with Crippen LogP contribution in [0.25, 0.3) is 10.2 Å². The number of nitrogens with zero attached hydrogens (tertiary/aromatic N) is 4. The molecule has 0 unspecified atom stereocenters. The number of fused-ring (bicyclic) bond motifs is 1. The van der Waals surface area contributed by atoms with Gasteiger partial charge in [0.2, 0.25) is 5.95 Å². The van der Waals surface area contributed by atoms with Crippen molar-refractivity contribution in [2.24, 2.45) is 0 Å². The first-order valence-electron chi connectivity index (χ1n) is 12.8. The van der Waals surface area contributed by atoms with Crippen molar-refractivity contribution in [3.63, 3.8) is 0 Å². The molecule has 192 valence electrons. The maximum Gasteiger partial charge on any atom is 0.230 e. The summed E-state index contributed by atoms with van der Waals surface area (Å²) < 4.78 is 19.6. The molecule has 2 aromatic carbocycles. The van der Waals surface area contributed by atoms with Crippen molar-refractivity contribution in [3.05, 3.63) is 59.2 Å². The smallest absolute Gasteiger partial charge is 0.230 e. The molecule has 6 rings (SSSR count). The predicted molar refractivity (Wildman–Crippen MR) is 150 cm³/mol. The zero-order chi connectivity index (χ0) is 25.4. The lowest BCUT2D eigenvalue weighted by Crippen LogP contribution is -2.50. The van der Waals surface area contributed by atoms with Gasteiger partial charge in [0, 0.05) is 36.6 Å². The van der Waals surface area contributed by atoms with E-state index < -0.39 is 0 Å². The molecule has 0 radical (unpaired) electrons. The molecule has 9 heteroatoms. The summed E-state index contributed by atoms with van der Waals surface area (Å²) >= 11 is 1.56. The van der Waals surface area contributed by atoms with Crippen molar-refractivity contribution in [2.75, 3.05) is 48.8 Å². The van der Waals surface area contributed by atoms with Crippen molar-refractivity contribution in [1.29, 1.82) is 0 Å². The average molecular weight is 519 g/mol. The third-order valence-corrected chi connectivity index (χ3v) is 8.34. The Morgan fingerprint density at radius 2 is 1.81 bits per heavy atom. The summed E-state index contributed by atoms with van der Waals surface area (Å²) in [6.45, 7) is 6.62. The number of rotatable bonds is 7. The first-order chi connectivity index (χ1) is 18.1. The second-order valence-electron chi connectivity index (χ2n) is 9.75. The van der Waals surface area contributed by atoms with Crippen LogP contribution in [0.1, 0.15) is 24.8 Å². The van der Waals surface area contributed by atoms with Gasteiger partial charge < -0.3 is 25.2 Å². The zero-order valence-electron chi connectivity index (χ0n) is 21.1. The number of aromatic nitrogens is 2. The highest BCUT2D eigenvalue weighted by molar-refractivity contribution is 7.17. The third-order valence-electron chi connectivity index (χ3n) is 7.35. The van der Waals surface area contributed by atoms with Gasteiger partial charge in [0.15, 0.2) is 0 Å². The molecule has 0 atom stereocenters. The number of hydrogen-bond donors (Lipinski definition) is 2. The first kappa shape index (κ1) is 23.9. The molecule has 2 aliphatic rings. The molecule has 7 nitrogen and oxygen atoms in total. The lowest BCUT2D eigenvalue weighted by atomic mass is 9.99. The van der Waals surface area contributed by atoms with Crippen LogP contribution in [0, 0.1) is 12.7 Å². The van der Waals surface area contributed by atoms with E-state index in [-0.39, 0.29) is 5.82 Å². The Bertz CT molecular complexity index is 1410. The highest BCUT2D eigenvalue weighted by Crippen LogP contribution is 2.36. The molecule has 0 spiro atoms. The van der Waals surface area contributed by atoms with Gasteiger partial charge in [-0.3, -0.25) is 0 Å². The summed E-state index contributed by atoms with van der Waals surface area (Å²) in [5.41, 5.74) is 3.68. The largest absolute Gasteiger partial charge is 0.495 e. The molecule has 4 aromatic rings. The van der Waals surface area contributed by atoms with Crippen LogP contribution in [-0.2, 0) is 0 Å². The Morgan fingerprint density at radius 1 is 1.00 bits per heavy atom. The molecule has 2 fully saturated rings. The normalized spacial score (nSPS) is 16.6. The van der Waals surface area contributed by atoms with E-state index in [0.717, 1.165) is 52.0 Å². The van der Waals surface area contributed by atoms with Crippen molar-refractivity contribution < 1.29 is 9.13 Å². The molecular formula is C28H31FN6OS. The zero-order valence-corrected chi connectivity index (χ0v) is 21.9. The molecule has 0 aliphatic carbocycles. The molecule has 2 N–H and O–H groups in total. The van der Waals surface area contributed by atoms with Crippen LogP contribution in [0.5, 0.6) is 5.75 Å². The van der Waals surface area contributed by atoms with Crippen LogP contribution in [-0.4, -0.2) is 54.2 Å². The number of piperidine rings is 1. The summed E-state index contributed by atoms with van der Waals surface area (Å²) in [6.07, 6.45) is 3.73. The molecule has 0 saturated carbocycles. The number of halogens is 1. The Hall–Kier alpha value is -3.43. The molecule has 2 aliphatic heterocycles. The van der Waals surface area contributed by atoms with E-state index in [1.165, 1.54) is 44.5 Å². The number of likely N-dealkylation sites (tertiary alicyclic amines) is 1. The summed E-state index contributed by atoms with van der Waals surface area (Å²) in [5.74, 6) is 1.65. The second-order valence-corrected chi connectivity index (χ2v) is 10.6. The van der Waals surface area contributed by atoms with E-state index in [1.807, 2.05) is 25.1 Å². The van der Waals surface area contributed by atoms with E-state index in [0.29, 0.717) is 17.5 Å². The van der Waals surface area contributed by atoms with Gasteiger partial charge in [0.25, 0.3) is 0 Å². The van der Waals surface area contributed by atoms with Crippen molar-refractivity contribution in [3.8, 4) is 5.75 Å². The van der Waals surface area contributed by atoms with Crippen LogP contribution in [0.2, 0.25) is 0 Å². The van der Waals surface area contributed by atoms with Gasteiger partial charge in [-0.05, 0) is 80.6 Å². The summed E-state index contributed by atoms with van der Waals surface area (Å²) in [7, 11) is 1.72. The minimum Gasteiger partial charge on any atom is -0.495 e. The minimum atomic E-state index is -0.298. The quantitative estimate of drug-likeness (QED) is 0.297. The lowest BCUT2D eigenvalue weighted by molar-refractivity contribution is 0.100. The third kappa shape index (κ3) is 4.93. The topological polar surface area (TPSA) is 65.5 Å². The van der Waals surface area contributed by atoms with Crippen LogP contribution < -0.4 is 20.3 Å². The molecule has 0 bridgehead atoms. The van der Waals surface area contributed by atoms with Crippen LogP contribution >= 0.6 is 11.3 Å². The van der Waals surface area contributed by atoms with Crippen molar-refractivity contribution >= 4 is 50.4 Å². The van der Waals surface area contributed by atoms with E-state index in [2.05, 4.69) is 31.9 Å². The number of anilines is 5. The van der Waals surface area contributed by atoms with E-state index >= 15 is 0 Å². The Morgan fingerprint density at radius 3 is 2.54 bits per heavy atom. The highest BCUT2D eigenvalue weighted by Gasteiger charge is 2.28. The average Bonchev–Trinajstić information content (AvgIpc) is 3.24. The van der Waals surface area contributed by atoms with Gasteiger partial charge in [-0.1, -0.05) is 6.07 Å². The van der Waals surface area contributed by atoms with E-state index in [4.69, 9.17) is 14.7 Å². The SMILES string of the molecule is COc1cc(Nc2nc(Nc3cccc(F)c3)c3c(C)csc3n2)ccc1N1CCC(N2CCC2)CC1. The van der Waals surface area contributed by atoms with Gasteiger partial charge in [0.1, 0.15) is 22.2 Å². The Kier molecular flexibility index (Phi) is 6.56. The number of thiophene rings is 1. The van der Waals surface area contributed by atoms with E-state index in [9.17, 15) is 4.39 Å². The minimum absolute atomic E-state index is 0.298. The number of nitrogens with one attached hydrogen (secondary N) is 2. The molecule has 2 aromatic heterocycles. The molecule has 0 amide bonds. The highest BCUT2D eigenvalue weighted by atomic mass is 32.1. The molecule has 4 heterocycles. The van der Waals surface area contributed by atoms with Gasteiger partial charge in [-0.2, -0.15) is 4.98 Å². The lowest BCUT2D eigenvalue weighted by Gasteiger charge is -2.43. The fourth-order valence-electron chi connectivity index (χ4n) is 5.26. The van der Waals surface area contributed by atoms with Gasteiger partial charge >= 0.3 is 0 Å². The summed E-state index contributed by atoms with van der Waals surface area (Å²) in [4.78, 5) is 15.4. The monoisotopic (exact) mass is 518 g/mol. The van der Waals surface area contributed by atoms with Crippen molar-refractivity contribution in [2.45, 2.75) is 32.2 Å². The van der Waals surface area contributed by atoms with Gasteiger partial charge in [-0.25, -0.2) is 9.37 Å². The second kappa shape index (κ2) is 10.1. The first-order valence-corrected chi connectivity index (χ1v) is 13.7. The van der Waals surface area contributed by atoms with Crippen molar-refractivity contribution in [1.82, 2.24) is 14.9 Å². The standard InChI is InChI=1S/C28H31FN6OS/c1-18-17-37-27-25(18)26(30-20-6-3-5-19(29)15-20)32-28(33-27)31-21-7-8-23(24(16-21)36-2)35-13-9-22(10-14-35)34-11-4-12-34/h3,5-8,15-17,22H,4,9-14H2,1-2H3,(H2,30,31,32,33). The maximum atomic E-state index is 13.8. The maximum absolute atomic E-state index is 13.8. The number of methoxy groups -OCH3 is 1. The van der Waals surface area contributed by atoms with Crippen LogP contribution in [0.15, 0.2) is 47.8 Å². The van der Waals surface area contributed by atoms with Crippen LogP contribution in [0.3, 0.4) is 0 Å². The number of hydrogen-bond acceptors (Lipinski definition) is 8. The van der Waals surface area contributed by atoms with Gasteiger partial charge in [0.05, 0.1) is 18.2 Å². The molecular weight excluding hydrogens is 487 g/mol. The predicted octanol–water partition coefficient (Wildman–Crippen LogP) is 6.31. The van der Waals surface area contributed by atoms with E-state index in [1.54, 1.807) is 24.5 Å².